The van der Waals surface area contributed by atoms with Crippen LogP contribution in [0.5, 0.6) is 11.5 Å². The number of aromatic nitrogens is 4. The average Bonchev–Trinajstić information content (AvgIpc) is 3.35. The van der Waals surface area contributed by atoms with Crippen molar-refractivity contribution in [3.8, 4) is 22.1 Å². The third-order valence-corrected chi connectivity index (χ3v) is 5.26. The number of fused-ring (bicyclic) bond motifs is 1. The number of methoxy groups -OCH3 is 2. The zero-order chi connectivity index (χ0) is 21.1. The fourth-order valence-electron chi connectivity index (χ4n) is 2.68. The summed E-state index contributed by atoms with van der Waals surface area (Å²) in [4.78, 5) is 13.3. The van der Waals surface area contributed by atoms with Gasteiger partial charge in [0.1, 0.15) is 22.8 Å². The summed E-state index contributed by atoms with van der Waals surface area (Å²) in [5.41, 5.74) is 1.97. The first-order valence-corrected chi connectivity index (χ1v) is 9.91. The number of rotatable bonds is 5. The molecule has 0 saturated heterocycles. The molecule has 0 fully saturated rings. The van der Waals surface area contributed by atoms with Gasteiger partial charge in [0.15, 0.2) is 5.11 Å². The average molecular weight is 441 g/mol. The van der Waals surface area contributed by atoms with Gasteiger partial charge in [-0.1, -0.05) is 23.5 Å². The molecule has 152 valence electrons. The van der Waals surface area contributed by atoms with Crippen molar-refractivity contribution in [1.82, 2.24) is 25.1 Å². The molecule has 0 bridgehead atoms. The van der Waals surface area contributed by atoms with Crippen LogP contribution in [0.1, 0.15) is 10.4 Å². The summed E-state index contributed by atoms with van der Waals surface area (Å²) < 4.78 is 12.0. The van der Waals surface area contributed by atoms with E-state index in [0.29, 0.717) is 27.7 Å². The first-order chi connectivity index (χ1) is 14.6. The number of nitrogens with zero attached hydrogens (tertiary/aromatic N) is 4. The van der Waals surface area contributed by atoms with Crippen molar-refractivity contribution in [3.05, 3.63) is 54.4 Å². The zero-order valence-corrected chi connectivity index (χ0v) is 17.6. The number of carbonyl (C=O) groups is 1. The Kier molecular flexibility index (Phi) is 5.55. The Morgan fingerprint density at radius 2 is 1.90 bits per heavy atom. The monoisotopic (exact) mass is 440 g/mol. The predicted octanol–water partition coefficient (Wildman–Crippen LogP) is 3.00. The maximum atomic E-state index is 12.6. The van der Waals surface area contributed by atoms with Gasteiger partial charge in [0.2, 0.25) is 4.96 Å². The number of carbonyl (C=O) groups excluding carboxylic acids is 1. The molecule has 0 aliphatic heterocycles. The van der Waals surface area contributed by atoms with Gasteiger partial charge < -0.3 is 14.8 Å². The van der Waals surface area contributed by atoms with E-state index in [0.717, 1.165) is 10.6 Å². The highest BCUT2D eigenvalue weighted by Gasteiger charge is 2.13. The number of benzene rings is 2. The Labute approximate surface area is 180 Å². The highest BCUT2D eigenvalue weighted by molar-refractivity contribution is 7.80. The number of hydrogen-bond acceptors (Lipinski definition) is 8. The quantitative estimate of drug-likeness (QED) is 0.457. The molecule has 2 aromatic heterocycles. The molecular weight excluding hydrogens is 424 g/mol. The Hall–Kier alpha value is -3.57. The molecular formula is C19H16N6O3S2. The minimum Gasteiger partial charge on any atom is -0.497 e. The smallest absolute Gasteiger partial charge is 0.257 e. The largest absolute Gasteiger partial charge is 0.497 e. The fourth-order valence-corrected chi connectivity index (χ4v) is 3.71. The van der Waals surface area contributed by atoms with Gasteiger partial charge >= 0.3 is 0 Å². The van der Waals surface area contributed by atoms with Gasteiger partial charge in [-0.25, -0.2) is 0 Å². The first-order valence-electron chi connectivity index (χ1n) is 8.68. The number of amides is 1. The van der Waals surface area contributed by atoms with Crippen molar-refractivity contribution in [2.24, 2.45) is 0 Å². The normalized spacial score (nSPS) is 10.6. The number of anilines is 1. The number of hydrogen-bond donors (Lipinski definition) is 2. The van der Waals surface area contributed by atoms with E-state index in [9.17, 15) is 4.79 Å². The van der Waals surface area contributed by atoms with Crippen molar-refractivity contribution < 1.29 is 14.3 Å². The highest BCUT2D eigenvalue weighted by atomic mass is 32.1. The second kappa shape index (κ2) is 8.43. The number of nitrogens with one attached hydrogen (secondary N) is 2. The summed E-state index contributed by atoms with van der Waals surface area (Å²) >= 11 is 6.72. The van der Waals surface area contributed by atoms with Gasteiger partial charge in [-0.05, 0) is 36.5 Å². The molecule has 2 aromatic carbocycles. The molecule has 11 heteroatoms. The summed E-state index contributed by atoms with van der Waals surface area (Å²) in [6, 6.07) is 12.4. The van der Waals surface area contributed by atoms with Crippen molar-refractivity contribution >= 4 is 45.2 Å². The summed E-state index contributed by atoms with van der Waals surface area (Å²) in [5.74, 6) is 0.640. The minimum absolute atomic E-state index is 0.164. The van der Waals surface area contributed by atoms with E-state index in [1.807, 2.05) is 24.3 Å². The van der Waals surface area contributed by atoms with E-state index in [4.69, 9.17) is 21.7 Å². The Bertz CT molecular complexity index is 1190. The third kappa shape index (κ3) is 4.21. The van der Waals surface area contributed by atoms with Crippen LogP contribution in [0.4, 0.5) is 5.69 Å². The standard InChI is InChI=1S/C19H16N6O3S2/c1-27-14-7-12(8-15(9-14)28-2)16(26)22-18(29)21-13-5-3-4-11(6-13)17-24-25-10-20-23-19(25)30-17/h3-10H,1-2H3,(H2,21,22,26,29). The van der Waals surface area contributed by atoms with Crippen LogP contribution in [0.15, 0.2) is 48.8 Å². The molecule has 4 aromatic rings. The Morgan fingerprint density at radius 3 is 2.60 bits per heavy atom. The van der Waals surface area contributed by atoms with E-state index >= 15 is 0 Å². The van der Waals surface area contributed by atoms with Crippen LogP contribution in [-0.4, -0.2) is 45.1 Å². The van der Waals surface area contributed by atoms with Crippen LogP contribution >= 0.6 is 23.6 Å². The van der Waals surface area contributed by atoms with Gasteiger partial charge in [-0.3, -0.25) is 10.1 Å². The summed E-state index contributed by atoms with van der Waals surface area (Å²) in [6.07, 6.45) is 1.55. The van der Waals surface area contributed by atoms with Crippen molar-refractivity contribution in [2.75, 3.05) is 19.5 Å². The second-order valence-electron chi connectivity index (χ2n) is 6.06. The molecule has 9 nitrogen and oxygen atoms in total. The lowest BCUT2D eigenvalue weighted by Gasteiger charge is -2.12. The summed E-state index contributed by atoms with van der Waals surface area (Å²) in [6.45, 7) is 0. The SMILES string of the molecule is COc1cc(OC)cc(C(=O)NC(=S)Nc2cccc(-c3nn4cnnc4s3)c2)c1. The molecule has 0 aliphatic rings. The number of thiocarbonyl (C=S) groups is 1. The molecule has 4 rings (SSSR count). The molecule has 0 atom stereocenters. The van der Waals surface area contributed by atoms with Crippen LogP contribution in [0.25, 0.3) is 15.5 Å². The first kappa shape index (κ1) is 19.7. The maximum Gasteiger partial charge on any atom is 0.257 e. The van der Waals surface area contributed by atoms with E-state index < -0.39 is 0 Å². The highest BCUT2D eigenvalue weighted by Crippen LogP contribution is 2.27. The van der Waals surface area contributed by atoms with Gasteiger partial charge in [0, 0.05) is 22.9 Å². The maximum absolute atomic E-state index is 12.6. The van der Waals surface area contributed by atoms with Crippen LogP contribution in [0.3, 0.4) is 0 Å². The molecule has 0 unspecified atom stereocenters. The van der Waals surface area contributed by atoms with Crippen molar-refractivity contribution in [1.29, 1.82) is 0 Å². The lowest BCUT2D eigenvalue weighted by molar-refractivity contribution is 0.0977. The Balaban J connectivity index is 1.46. The molecule has 2 heterocycles. The summed E-state index contributed by atoms with van der Waals surface area (Å²) in [7, 11) is 3.04. The fraction of sp³-hybridized carbons (Fsp3) is 0.105. The van der Waals surface area contributed by atoms with Gasteiger partial charge in [0.05, 0.1) is 14.2 Å². The van der Waals surface area contributed by atoms with Gasteiger partial charge in [-0.15, -0.1) is 10.2 Å². The third-order valence-electron chi connectivity index (χ3n) is 4.09. The van der Waals surface area contributed by atoms with Crippen LogP contribution < -0.4 is 20.1 Å². The lowest BCUT2D eigenvalue weighted by atomic mass is 10.2. The van der Waals surface area contributed by atoms with Crippen molar-refractivity contribution in [2.45, 2.75) is 0 Å². The molecule has 0 saturated carbocycles. The predicted molar refractivity (Wildman–Crippen MR) is 117 cm³/mol. The van der Waals surface area contributed by atoms with Gasteiger partial charge in [-0.2, -0.15) is 9.61 Å². The van der Waals surface area contributed by atoms with E-state index in [1.54, 1.807) is 29.0 Å². The molecule has 2 N–H and O–H groups in total. The minimum atomic E-state index is -0.380. The van der Waals surface area contributed by atoms with Crippen LogP contribution in [-0.2, 0) is 0 Å². The summed E-state index contributed by atoms with van der Waals surface area (Å²) in [5, 5.41) is 18.9. The topological polar surface area (TPSA) is 103 Å². The lowest BCUT2D eigenvalue weighted by Crippen LogP contribution is -2.34. The second-order valence-corrected chi connectivity index (χ2v) is 7.42. The van der Waals surface area contributed by atoms with Gasteiger partial charge in [0.25, 0.3) is 5.91 Å². The van der Waals surface area contributed by atoms with E-state index in [-0.39, 0.29) is 11.0 Å². The molecule has 30 heavy (non-hydrogen) atoms. The van der Waals surface area contributed by atoms with E-state index in [1.165, 1.54) is 25.6 Å². The molecule has 1 amide bonds. The number of ether oxygens (including phenoxy) is 2. The molecule has 0 spiro atoms. The van der Waals surface area contributed by atoms with Crippen LogP contribution in [0, 0.1) is 0 Å². The zero-order valence-electron chi connectivity index (χ0n) is 15.9. The van der Waals surface area contributed by atoms with E-state index in [2.05, 4.69) is 25.9 Å². The van der Waals surface area contributed by atoms with Crippen LogP contribution in [0.2, 0.25) is 0 Å². The molecule has 0 radical (unpaired) electrons. The van der Waals surface area contributed by atoms with Crippen molar-refractivity contribution in [3.63, 3.8) is 0 Å². The molecule has 0 aliphatic carbocycles. The Morgan fingerprint density at radius 1 is 1.13 bits per heavy atom.